The van der Waals surface area contributed by atoms with Gasteiger partial charge in [0, 0.05) is 34.7 Å². The van der Waals surface area contributed by atoms with Crippen molar-refractivity contribution in [2.45, 2.75) is 39.8 Å². The Morgan fingerprint density at radius 3 is 2.26 bits per heavy atom. The lowest BCUT2D eigenvalue weighted by Crippen LogP contribution is -2.28. The molecule has 4 rings (SSSR count). The maximum atomic E-state index is 11.4. The molecular weight excluding hydrogens is 514 g/mol. The number of carbonyl (C=O) groups is 1. The fourth-order valence-electron chi connectivity index (χ4n) is 4.34. The van der Waals surface area contributed by atoms with E-state index < -0.39 is 5.97 Å². The van der Waals surface area contributed by atoms with Crippen molar-refractivity contribution < 1.29 is 9.90 Å². The molecule has 1 heterocycles. The Labute approximate surface area is 234 Å². The molecule has 0 bridgehead atoms. The molecule has 4 aromatic rings. The second-order valence-corrected chi connectivity index (χ2v) is 11.3. The van der Waals surface area contributed by atoms with Crippen molar-refractivity contribution in [2.75, 3.05) is 18.4 Å². The average molecular weight is 548 g/mol. The number of carboxylic acid groups (broad SMARTS) is 1. The summed E-state index contributed by atoms with van der Waals surface area (Å²) in [5.41, 5.74) is 6.77. The minimum atomic E-state index is -0.859. The van der Waals surface area contributed by atoms with Crippen LogP contribution in [0, 0.1) is 5.92 Å². The van der Waals surface area contributed by atoms with Gasteiger partial charge in [0.2, 0.25) is 0 Å². The largest absolute Gasteiger partial charge is 0.480 e. The van der Waals surface area contributed by atoms with Gasteiger partial charge in [-0.1, -0.05) is 74.0 Å². The van der Waals surface area contributed by atoms with E-state index in [0.717, 1.165) is 46.9 Å². The van der Waals surface area contributed by atoms with Crippen LogP contribution in [0.1, 0.15) is 35.5 Å². The first kappa shape index (κ1) is 27.8. The van der Waals surface area contributed by atoms with E-state index in [4.69, 9.17) is 16.6 Å². The number of nitrogens with zero attached hydrogens (tertiary/aromatic N) is 2. The molecule has 0 amide bonds. The van der Waals surface area contributed by atoms with Gasteiger partial charge in [-0.2, -0.15) is 0 Å². The van der Waals surface area contributed by atoms with Crippen LogP contribution in [0.4, 0.5) is 5.69 Å². The highest BCUT2D eigenvalue weighted by Crippen LogP contribution is 2.25. The van der Waals surface area contributed by atoms with Crippen LogP contribution in [-0.2, 0) is 30.7 Å². The number of carboxylic acids is 1. The normalized spacial score (nSPS) is 11.3. The molecule has 0 saturated carbocycles. The lowest BCUT2D eigenvalue weighted by Gasteiger charge is -2.19. The maximum Gasteiger partial charge on any atom is 0.317 e. The highest BCUT2D eigenvalue weighted by molar-refractivity contribution is 7.09. The van der Waals surface area contributed by atoms with E-state index in [1.807, 2.05) is 34.5 Å². The summed E-state index contributed by atoms with van der Waals surface area (Å²) < 4.78 is 0. The number of nitrogens with one attached hydrogen (secondary N) is 1. The number of anilines is 1. The molecule has 198 valence electrons. The molecule has 0 fully saturated rings. The maximum absolute atomic E-state index is 11.4. The molecule has 7 heteroatoms. The molecule has 0 aliphatic carbocycles. The Bertz CT molecular complexity index is 1300. The molecule has 2 N–H and O–H groups in total. The van der Waals surface area contributed by atoms with Crippen molar-refractivity contribution in [1.29, 1.82) is 0 Å². The van der Waals surface area contributed by atoms with Gasteiger partial charge in [0.25, 0.3) is 0 Å². The highest BCUT2D eigenvalue weighted by Gasteiger charge is 2.14. The summed E-state index contributed by atoms with van der Waals surface area (Å²) in [5, 5.41) is 16.5. The van der Waals surface area contributed by atoms with E-state index in [0.29, 0.717) is 24.0 Å². The minimum Gasteiger partial charge on any atom is -0.480 e. The van der Waals surface area contributed by atoms with Gasteiger partial charge >= 0.3 is 5.97 Å². The number of halogens is 1. The van der Waals surface area contributed by atoms with Crippen LogP contribution in [0.3, 0.4) is 0 Å². The quantitative estimate of drug-likeness (QED) is 0.182. The number of aliphatic carboxylic acids is 1. The molecule has 0 saturated heterocycles. The SMILES string of the molecule is CC(C)Cc1ccc(CCNc2ccc(-c3csc(CN(CC(=O)O)Cc4ccc(Cl)cc4)n3)cc2)cc1. The van der Waals surface area contributed by atoms with Gasteiger partial charge in [-0.15, -0.1) is 11.3 Å². The number of aromatic nitrogens is 1. The van der Waals surface area contributed by atoms with Gasteiger partial charge in [0.05, 0.1) is 18.8 Å². The molecule has 0 unspecified atom stereocenters. The predicted octanol–water partition coefficient (Wildman–Crippen LogP) is 7.40. The highest BCUT2D eigenvalue weighted by atomic mass is 35.5. The van der Waals surface area contributed by atoms with Gasteiger partial charge in [-0.05, 0) is 59.7 Å². The lowest BCUT2D eigenvalue weighted by molar-refractivity contribution is -0.138. The standard InChI is InChI=1S/C31H34ClN3O2S/c1-22(2)17-24-5-3-23(4-6-24)15-16-33-28-13-9-26(10-14-28)29-21-38-30(34-29)19-35(20-31(36)37)18-25-7-11-27(32)12-8-25/h3-14,21-22,33H,15-20H2,1-2H3,(H,36,37). The smallest absolute Gasteiger partial charge is 0.317 e. The summed E-state index contributed by atoms with van der Waals surface area (Å²) in [4.78, 5) is 18.1. The van der Waals surface area contributed by atoms with Gasteiger partial charge in [-0.25, -0.2) is 4.98 Å². The zero-order valence-electron chi connectivity index (χ0n) is 21.9. The van der Waals surface area contributed by atoms with E-state index in [9.17, 15) is 9.90 Å². The van der Waals surface area contributed by atoms with Crippen molar-refractivity contribution in [1.82, 2.24) is 9.88 Å². The van der Waals surface area contributed by atoms with Crippen LogP contribution in [-0.4, -0.2) is 34.0 Å². The molecular formula is C31H34ClN3O2S. The summed E-state index contributed by atoms with van der Waals surface area (Å²) in [6.45, 7) is 6.29. The summed E-state index contributed by atoms with van der Waals surface area (Å²) in [5.74, 6) is -0.185. The number of benzene rings is 3. The van der Waals surface area contributed by atoms with Crippen molar-refractivity contribution in [3.8, 4) is 11.3 Å². The third-order valence-electron chi connectivity index (χ3n) is 6.18. The van der Waals surface area contributed by atoms with Gasteiger partial charge in [0.1, 0.15) is 5.01 Å². The Morgan fingerprint density at radius 2 is 1.61 bits per heavy atom. The fourth-order valence-corrected chi connectivity index (χ4v) is 5.31. The number of thiazole rings is 1. The number of rotatable bonds is 13. The molecule has 0 aliphatic heterocycles. The Kier molecular flexibility index (Phi) is 9.93. The molecule has 38 heavy (non-hydrogen) atoms. The summed E-state index contributed by atoms with van der Waals surface area (Å²) in [6, 6.07) is 24.7. The van der Waals surface area contributed by atoms with Gasteiger partial charge in [0.15, 0.2) is 0 Å². The van der Waals surface area contributed by atoms with Gasteiger partial charge < -0.3 is 10.4 Å². The fraction of sp³-hybridized carbons (Fsp3) is 0.290. The van der Waals surface area contributed by atoms with Crippen LogP contribution < -0.4 is 5.32 Å². The monoisotopic (exact) mass is 547 g/mol. The molecule has 1 aromatic heterocycles. The Morgan fingerprint density at radius 1 is 0.947 bits per heavy atom. The zero-order valence-corrected chi connectivity index (χ0v) is 23.4. The van der Waals surface area contributed by atoms with Crippen LogP contribution in [0.5, 0.6) is 0 Å². The van der Waals surface area contributed by atoms with Crippen molar-refractivity contribution >= 4 is 34.6 Å². The second kappa shape index (κ2) is 13.6. The molecule has 0 spiro atoms. The van der Waals surface area contributed by atoms with E-state index in [-0.39, 0.29) is 6.54 Å². The third kappa shape index (κ3) is 8.69. The molecule has 3 aromatic carbocycles. The summed E-state index contributed by atoms with van der Waals surface area (Å²) in [7, 11) is 0. The van der Waals surface area contributed by atoms with Crippen molar-refractivity contribution in [3.63, 3.8) is 0 Å². The number of hydrogen-bond acceptors (Lipinski definition) is 5. The molecule has 0 aliphatic rings. The predicted molar refractivity (Wildman–Crippen MR) is 158 cm³/mol. The molecule has 5 nitrogen and oxygen atoms in total. The third-order valence-corrected chi connectivity index (χ3v) is 7.26. The van der Waals surface area contributed by atoms with Crippen molar-refractivity contribution in [3.05, 3.63) is 105 Å². The number of hydrogen-bond donors (Lipinski definition) is 2. The van der Waals surface area contributed by atoms with Crippen LogP contribution >= 0.6 is 22.9 Å². The first-order valence-corrected chi connectivity index (χ1v) is 14.1. The first-order valence-electron chi connectivity index (χ1n) is 12.9. The van der Waals surface area contributed by atoms with E-state index in [1.165, 1.54) is 11.1 Å². The van der Waals surface area contributed by atoms with Crippen molar-refractivity contribution in [2.24, 2.45) is 5.92 Å². The summed E-state index contributed by atoms with van der Waals surface area (Å²) in [6.07, 6.45) is 2.09. The molecule has 0 atom stereocenters. The van der Waals surface area contributed by atoms with E-state index in [1.54, 1.807) is 11.3 Å². The van der Waals surface area contributed by atoms with Crippen LogP contribution in [0.2, 0.25) is 5.02 Å². The average Bonchev–Trinajstić information content (AvgIpc) is 3.34. The second-order valence-electron chi connectivity index (χ2n) is 9.96. The molecule has 0 radical (unpaired) electrons. The van der Waals surface area contributed by atoms with E-state index >= 15 is 0 Å². The van der Waals surface area contributed by atoms with Gasteiger partial charge in [-0.3, -0.25) is 9.69 Å². The topological polar surface area (TPSA) is 65.5 Å². The van der Waals surface area contributed by atoms with E-state index in [2.05, 4.69) is 67.7 Å². The lowest BCUT2D eigenvalue weighted by atomic mass is 10.0. The van der Waals surface area contributed by atoms with Crippen LogP contribution in [0.25, 0.3) is 11.3 Å². The Hall–Kier alpha value is -3.19. The Balaban J connectivity index is 1.30. The summed E-state index contributed by atoms with van der Waals surface area (Å²) >= 11 is 7.53. The van der Waals surface area contributed by atoms with Crippen LogP contribution in [0.15, 0.2) is 78.2 Å². The first-order chi connectivity index (χ1) is 18.3. The zero-order chi connectivity index (χ0) is 26.9. The minimum absolute atomic E-state index is 0.0556.